The Kier molecular flexibility index (Phi) is 5.56. The fourth-order valence-corrected chi connectivity index (χ4v) is 4.11. The highest BCUT2D eigenvalue weighted by Gasteiger charge is 2.30. The quantitative estimate of drug-likeness (QED) is 0.266. The second-order valence-electron chi connectivity index (χ2n) is 7.32. The van der Waals surface area contributed by atoms with Gasteiger partial charge in [-0.25, -0.2) is 0 Å². The second kappa shape index (κ2) is 8.65. The third-order valence-corrected chi connectivity index (χ3v) is 5.94. The Balaban J connectivity index is 1.54. The van der Waals surface area contributed by atoms with Crippen LogP contribution in [0.4, 0.5) is 5.69 Å². The molecule has 0 atom stereocenters. The van der Waals surface area contributed by atoms with Crippen molar-refractivity contribution >= 4 is 50.9 Å². The van der Waals surface area contributed by atoms with E-state index in [0.29, 0.717) is 16.4 Å². The maximum atomic E-state index is 13.4. The molecular weight excluding hydrogens is 486 g/mol. The minimum absolute atomic E-state index is 0.132. The number of rotatable bonds is 4. The van der Waals surface area contributed by atoms with E-state index in [4.69, 9.17) is 16.0 Å². The Bertz CT molecular complexity index is 1350. The summed E-state index contributed by atoms with van der Waals surface area (Å²) in [5, 5.41) is 0.574. The monoisotopic (exact) mass is 501 g/mol. The highest BCUT2D eigenvalue weighted by molar-refractivity contribution is 9.10. The Labute approximate surface area is 199 Å². The zero-order valence-electron chi connectivity index (χ0n) is 16.8. The van der Waals surface area contributed by atoms with Crippen molar-refractivity contribution in [3.8, 4) is 11.3 Å². The van der Waals surface area contributed by atoms with E-state index in [1.807, 2.05) is 84.9 Å². The van der Waals surface area contributed by atoms with Crippen molar-refractivity contribution in [1.82, 2.24) is 0 Å². The van der Waals surface area contributed by atoms with Gasteiger partial charge in [0.05, 0.1) is 11.4 Å². The number of benzene rings is 3. The molecule has 5 rings (SSSR count). The Hall–Kier alpha value is -3.34. The van der Waals surface area contributed by atoms with E-state index in [0.717, 1.165) is 32.7 Å². The molecule has 0 N–H and O–H groups in total. The minimum Gasteiger partial charge on any atom is -0.457 e. The van der Waals surface area contributed by atoms with Crippen LogP contribution in [0.15, 0.2) is 112 Å². The largest absolute Gasteiger partial charge is 0.457 e. The van der Waals surface area contributed by atoms with Gasteiger partial charge in [0.15, 0.2) is 0 Å². The van der Waals surface area contributed by atoms with E-state index >= 15 is 0 Å². The van der Waals surface area contributed by atoms with Crippen molar-refractivity contribution in [3.63, 3.8) is 0 Å². The van der Waals surface area contributed by atoms with Gasteiger partial charge in [-0.3, -0.25) is 9.69 Å². The predicted octanol–water partition coefficient (Wildman–Crippen LogP) is 7.83. The number of nitrogens with zero attached hydrogens (tertiary/aromatic N) is 1. The van der Waals surface area contributed by atoms with E-state index < -0.39 is 0 Å². The van der Waals surface area contributed by atoms with Crippen LogP contribution >= 0.6 is 27.5 Å². The van der Waals surface area contributed by atoms with Crippen LogP contribution in [0.1, 0.15) is 11.3 Å². The number of halogens is 2. The van der Waals surface area contributed by atoms with Gasteiger partial charge in [0.25, 0.3) is 5.91 Å². The molecule has 1 amide bonds. The van der Waals surface area contributed by atoms with Gasteiger partial charge in [0.2, 0.25) is 0 Å². The van der Waals surface area contributed by atoms with E-state index in [1.54, 1.807) is 23.1 Å². The molecule has 0 saturated heterocycles. The Morgan fingerprint density at radius 1 is 0.844 bits per heavy atom. The lowest BCUT2D eigenvalue weighted by molar-refractivity contribution is -0.113. The highest BCUT2D eigenvalue weighted by Crippen LogP contribution is 2.36. The maximum Gasteiger partial charge on any atom is 0.263 e. The normalized spacial score (nSPS) is 14.8. The third-order valence-electron chi connectivity index (χ3n) is 5.17. The van der Waals surface area contributed by atoms with Gasteiger partial charge in [-0.1, -0.05) is 76.1 Å². The van der Waals surface area contributed by atoms with E-state index in [9.17, 15) is 4.79 Å². The molecule has 32 heavy (non-hydrogen) atoms. The standard InChI is InChI=1S/C27H17BrClNO2/c28-21-11-9-19(10-12-21)26-14-13-24(32-26)15-20-16-25(18-5-2-1-3-6-18)30(27(20)31)23-8-4-7-22(29)17-23/h1-17H/b20-15+. The van der Waals surface area contributed by atoms with Crippen molar-refractivity contribution in [1.29, 1.82) is 0 Å². The summed E-state index contributed by atoms with van der Waals surface area (Å²) in [6, 6.07) is 28.8. The Morgan fingerprint density at radius 2 is 1.62 bits per heavy atom. The summed E-state index contributed by atoms with van der Waals surface area (Å²) in [6.07, 6.45) is 3.67. The van der Waals surface area contributed by atoms with Crippen LogP contribution in [0.25, 0.3) is 23.1 Å². The van der Waals surface area contributed by atoms with Gasteiger partial charge in [-0.05, 0) is 60.2 Å². The number of hydrogen-bond acceptors (Lipinski definition) is 2. The molecule has 1 aliphatic heterocycles. The molecule has 0 unspecified atom stereocenters. The molecule has 2 heterocycles. The van der Waals surface area contributed by atoms with Crippen LogP contribution in [0.5, 0.6) is 0 Å². The van der Waals surface area contributed by atoms with Crippen LogP contribution in [0.3, 0.4) is 0 Å². The molecule has 1 aliphatic rings. The third kappa shape index (κ3) is 4.07. The van der Waals surface area contributed by atoms with Gasteiger partial charge < -0.3 is 4.42 Å². The van der Waals surface area contributed by atoms with Gasteiger partial charge in [-0.15, -0.1) is 0 Å². The zero-order valence-corrected chi connectivity index (χ0v) is 19.2. The van der Waals surface area contributed by atoms with Crippen LogP contribution < -0.4 is 4.90 Å². The topological polar surface area (TPSA) is 33.5 Å². The minimum atomic E-state index is -0.132. The van der Waals surface area contributed by atoms with E-state index in [1.165, 1.54) is 0 Å². The fourth-order valence-electron chi connectivity index (χ4n) is 3.66. The van der Waals surface area contributed by atoms with Crippen molar-refractivity contribution in [2.45, 2.75) is 0 Å². The van der Waals surface area contributed by atoms with E-state index in [2.05, 4.69) is 15.9 Å². The first-order valence-corrected chi connectivity index (χ1v) is 11.2. The Morgan fingerprint density at radius 3 is 2.38 bits per heavy atom. The summed E-state index contributed by atoms with van der Waals surface area (Å²) >= 11 is 9.66. The smallest absolute Gasteiger partial charge is 0.263 e. The summed E-state index contributed by atoms with van der Waals surface area (Å²) in [7, 11) is 0. The van der Waals surface area contributed by atoms with Crippen LogP contribution in [0.2, 0.25) is 5.02 Å². The predicted molar refractivity (Wildman–Crippen MR) is 133 cm³/mol. The molecule has 0 bridgehead atoms. The molecule has 4 aromatic rings. The highest BCUT2D eigenvalue weighted by atomic mass is 79.9. The molecule has 1 aromatic heterocycles. The summed E-state index contributed by atoms with van der Waals surface area (Å²) in [5.74, 6) is 1.23. The zero-order chi connectivity index (χ0) is 22.1. The summed E-state index contributed by atoms with van der Waals surface area (Å²) in [4.78, 5) is 15.1. The van der Waals surface area contributed by atoms with Crippen molar-refractivity contribution in [2.75, 3.05) is 4.90 Å². The number of anilines is 1. The lowest BCUT2D eigenvalue weighted by atomic mass is 10.1. The number of hydrogen-bond donors (Lipinski definition) is 0. The van der Waals surface area contributed by atoms with Gasteiger partial charge in [-0.2, -0.15) is 0 Å². The van der Waals surface area contributed by atoms with Crippen LogP contribution in [-0.4, -0.2) is 5.91 Å². The molecule has 5 heteroatoms. The molecule has 0 aliphatic carbocycles. The molecule has 156 valence electrons. The van der Waals surface area contributed by atoms with Crippen molar-refractivity contribution in [2.24, 2.45) is 0 Å². The number of carbonyl (C=O) groups excluding carboxylic acids is 1. The summed E-state index contributed by atoms with van der Waals surface area (Å²) < 4.78 is 7.01. The van der Waals surface area contributed by atoms with Crippen molar-refractivity contribution < 1.29 is 9.21 Å². The SMILES string of the molecule is O=C1/C(=C/c2ccc(-c3ccc(Br)cc3)o2)C=C(c2ccccc2)N1c1cccc(Cl)c1. The molecule has 0 spiro atoms. The van der Waals surface area contributed by atoms with Crippen LogP contribution in [0, 0.1) is 0 Å². The lowest BCUT2D eigenvalue weighted by Crippen LogP contribution is -2.24. The van der Waals surface area contributed by atoms with Crippen molar-refractivity contribution in [3.05, 3.63) is 123 Å². The average molecular weight is 503 g/mol. The van der Waals surface area contributed by atoms with Gasteiger partial charge in [0, 0.05) is 20.6 Å². The number of furan rings is 1. The number of carbonyl (C=O) groups is 1. The summed E-state index contributed by atoms with van der Waals surface area (Å²) in [5.41, 5.74) is 3.97. The maximum absolute atomic E-state index is 13.4. The fraction of sp³-hybridized carbons (Fsp3) is 0. The molecule has 3 aromatic carbocycles. The summed E-state index contributed by atoms with van der Waals surface area (Å²) in [6.45, 7) is 0. The van der Waals surface area contributed by atoms with Gasteiger partial charge in [0.1, 0.15) is 11.5 Å². The first kappa shape index (κ1) is 20.6. The average Bonchev–Trinajstić information content (AvgIpc) is 3.40. The molecule has 3 nitrogen and oxygen atoms in total. The van der Waals surface area contributed by atoms with Crippen LogP contribution in [-0.2, 0) is 4.79 Å². The van der Waals surface area contributed by atoms with Gasteiger partial charge >= 0.3 is 0 Å². The second-order valence-corrected chi connectivity index (χ2v) is 8.68. The number of amides is 1. The van der Waals surface area contributed by atoms with E-state index in [-0.39, 0.29) is 5.91 Å². The molecule has 0 fully saturated rings. The molecule has 0 saturated carbocycles. The first-order valence-electron chi connectivity index (χ1n) is 10.0. The lowest BCUT2D eigenvalue weighted by Gasteiger charge is -2.21. The molecular formula is C27H17BrClNO2. The first-order chi connectivity index (χ1) is 15.6. The molecule has 0 radical (unpaired) electrons.